The lowest BCUT2D eigenvalue weighted by Crippen LogP contribution is -2.24. The molecule has 0 spiro atoms. The number of fused-ring (bicyclic) bond motifs is 1. The minimum atomic E-state index is -0.281. The second kappa shape index (κ2) is 11.6. The quantitative estimate of drug-likeness (QED) is 0.522. The van der Waals surface area contributed by atoms with Crippen molar-refractivity contribution in [2.75, 3.05) is 33.0 Å². The summed E-state index contributed by atoms with van der Waals surface area (Å²) in [6.45, 7) is 11.4. The molecule has 2 aromatic rings. The van der Waals surface area contributed by atoms with Crippen molar-refractivity contribution in [3.8, 4) is 40.6 Å². The van der Waals surface area contributed by atoms with E-state index in [1.807, 2.05) is 39.0 Å². The third kappa shape index (κ3) is 6.28. The molecule has 0 saturated heterocycles. The average molecular weight is 468 g/mol. The molecule has 0 bridgehead atoms. The van der Waals surface area contributed by atoms with E-state index in [1.54, 1.807) is 12.1 Å². The monoisotopic (exact) mass is 467 g/mol. The molecule has 7 heteroatoms. The minimum Gasteiger partial charge on any atom is -0.490 e. The first-order valence-corrected chi connectivity index (χ1v) is 11.6. The molecule has 0 aliphatic carbocycles. The fourth-order valence-corrected chi connectivity index (χ4v) is 3.67. The largest absolute Gasteiger partial charge is 0.490 e. The van der Waals surface area contributed by atoms with Gasteiger partial charge in [0.15, 0.2) is 23.0 Å². The Kier molecular flexibility index (Phi) is 8.53. The van der Waals surface area contributed by atoms with Crippen molar-refractivity contribution in [1.82, 2.24) is 5.32 Å². The van der Waals surface area contributed by atoms with Gasteiger partial charge in [-0.15, -0.1) is 0 Å². The standard InChI is InChI=1S/C27H33NO6/c1-6-30-22-16-20(17-23(31-7-2)25(22)32-8-3)26(29)28-14-9-10-15-33-21-13-11-12-19-18-27(4,5)34-24(19)21/h11-13,16-17H,6-8,14-15,18H2,1-5H3,(H,28,29). The van der Waals surface area contributed by atoms with Gasteiger partial charge in [0, 0.05) is 17.5 Å². The van der Waals surface area contributed by atoms with Gasteiger partial charge in [-0.05, 0) is 52.8 Å². The SMILES string of the molecule is CCOc1cc(C(=O)NCC#CCOc2cccc3c2OC(C)(C)C3)cc(OCC)c1OCC. The van der Waals surface area contributed by atoms with Crippen LogP contribution in [0.25, 0.3) is 0 Å². The molecule has 3 rings (SSSR count). The Morgan fingerprint density at radius 3 is 2.29 bits per heavy atom. The number of ether oxygens (including phenoxy) is 5. The topological polar surface area (TPSA) is 75.3 Å². The number of carbonyl (C=O) groups is 1. The number of hydrogen-bond acceptors (Lipinski definition) is 6. The molecule has 1 aliphatic heterocycles. The van der Waals surface area contributed by atoms with Gasteiger partial charge in [-0.2, -0.15) is 0 Å². The lowest BCUT2D eigenvalue weighted by Gasteiger charge is -2.17. The zero-order chi connectivity index (χ0) is 24.6. The van der Waals surface area contributed by atoms with Gasteiger partial charge in [0.2, 0.25) is 5.75 Å². The highest BCUT2D eigenvalue weighted by atomic mass is 16.5. The van der Waals surface area contributed by atoms with Gasteiger partial charge in [0.25, 0.3) is 5.91 Å². The fraction of sp³-hybridized carbons (Fsp3) is 0.444. The van der Waals surface area contributed by atoms with Crippen molar-refractivity contribution in [3.63, 3.8) is 0 Å². The van der Waals surface area contributed by atoms with Gasteiger partial charge >= 0.3 is 0 Å². The molecule has 1 N–H and O–H groups in total. The second-order valence-corrected chi connectivity index (χ2v) is 8.21. The minimum absolute atomic E-state index is 0.180. The van der Waals surface area contributed by atoms with Gasteiger partial charge in [0.1, 0.15) is 12.2 Å². The van der Waals surface area contributed by atoms with Crippen LogP contribution < -0.4 is 29.0 Å². The normalized spacial score (nSPS) is 13.1. The lowest BCUT2D eigenvalue weighted by molar-refractivity contribution is 0.0957. The van der Waals surface area contributed by atoms with Gasteiger partial charge in [-0.25, -0.2) is 0 Å². The van der Waals surface area contributed by atoms with Crippen LogP contribution in [0.2, 0.25) is 0 Å². The van der Waals surface area contributed by atoms with Crippen molar-refractivity contribution in [1.29, 1.82) is 0 Å². The van der Waals surface area contributed by atoms with Gasteiger partial charge in [-0.3, -0.25) is 4.79 Å². The third-order valence-electron chi connectivity index (χ3n) is 4.99. The molecular weight excluding hydrogens is 434 g/mol. The molecule has 0 unspecified atom stereocenters. The number of amides is 1. The number of nitrogens with one attached hydrogen (secondary N) is 1. The maximum absolute atomic E-state index is 12.7. The fourth-order valence-electron chi connectivity index (χ4n) is 3.67. The number of carbonyl (C=O) groups excluding carboxylic acids is 1. The molecular formula is C27H33NO6. The van der Waals surface area contributed by atoms with Crippen LogP contribution in [-0.2, 0) is 6.42 Å². The Hall–Kier alpha value is -3.53. The summed E-state index contributed by atoms with van der Waals surface area (Å²) in [6.07, 6.45) is 0.846. The maximum atomic E-state index is 12.7. The molecule has 0 atom stereocenters. The summed E-state index contributed by atoms with van der Waals surface area (Å²) in [5, 5.41) is 2.80. The van der Waals surface area contributed by atoms with Crippen molar-refractivity contribution in [2.24, 2.45) is 0 Å². The van der Waals surface area contributed by atoms with Crippen molar-refractivity contribution < 1.29 is 28.5 Å². The summed E-state index contributed by atoms with van der Waals surface area (Å²) in [5.41, 5.74) is 1.31. The molecule has 34 heavy (non-hydrogen) atoms. The van der Waals surface area contributed by atoms with E-state index in [4.69, 9.17) is 23.7 Å². The molecule has 1 aliphatic rings. The number of benzene rings is 2. The molecule has 1 amide bonds. The Morgan fingerprint density at radius 1 is 0.971 bits per heavy atom. The first-order valence-electron chi connectivity index (χ1n) is 11.6. The first kappa shape index (κ1) is 25.1. The van der Waals surface area contributed by atoms with E-state index >= 15 is 0 Å². The van der Waals surface area contributed by atoms with Crippen LogP contribution >= 0.6 is 0 Å². The van der Waals surface area contributed by atoms with Gasteiger partial charge in [-0.1, -0.05) is 24.0 Å². The van der Waals surface area contributed by atoms with Gasteiger partial charge in [0.05, 0.1) is 26.4 Å². The smallest absolute Gasteiger partial charge is 0.252 e. The molecule has 7 nitrogen and oxygen atoms in total. The highest BCUT2D eigenvalue weighted by Crippen LogP contribution is 2.42. The Labute approximate surface area is 201 Å². The first-order chi connectivity index (χ1) is 16.4. The summed E-state index contributed by atoms with van der Waals surface area (Å²) in [6, 6.07) is 9.19. The van der Waals surface area contributed by atoms with Crippen LogP contribution in [0.15, 0.2) is 30.3 Å². The number of rotatable bonds is 10. The Bertz CT molecular complexity index is 1040. The van der Waals surface area contributed by atoms with Gasteiger partial charge < -0.3 is 29.0 Å². The molecule has 0 saturated carbocycles. The molecule has 0 fully saturated rings. The van der Waals surface area contributed by atoms with Crippen LogP contribution in [-0.4, -0.2) is 44.5 Å². The summed E-state index contributed by atoms with van der Waals surface area (Å²) in [7, 11) is 0. The summed E-state index contributed by atoms with van der Waals surface area (Å²) >= 11 is 0. The summed E-state index contributed by atoms with van der Waals surface area (Å²) in [5.74, 6) is 8.48. The Balaban J connectivity index is 1.59. The molecule has 1 heterocycles. The maximum Gasteiger partial charge on any atom is 0.252 e. The van der Waals surface area contributed by atoms with Crippen molar-refractivity contribution in [2.45, 2.75) is 46.6 Å². The zero-order valence-electron chi connectivity index (χ0n) is 20.6. The Morgan fingerprint density at radius 2 is 1.65 bits per heavy atom. The predicted octanol–water partition coefficient (Wildman–Crippen LogP) is 4.41. The van der Waals surface area contributed by atoms with Crippen molar-refractivity contribution in [3.05, 3.63) is 41.5 Å². The highest BCUT2D eigenvalue weighted by Gasteiger charge is 2.32. The van der Waals surface area contributed by atoms with E-state index in [2.05, 4.69) is 31.0 Å². The van der Waals surface area contributed by atoms with Crippen LogP contribution in [0, 0.1) is 11.8 Å². The van der Waals surface area contributed by atoms with E-state index < -0.39 is 0 Å². The van der Waals surface area contributed by atoms with E-state index in [9.17, 15) is 4.79 Å². The van der Waals surface area contributed by atoms with Crippen LogP contribution in [0.5, 0.6) is 28.7 Å². The zero-order valence-corrected chi connectivity index (χ0v) is 20.6. The van der Waals surface area contributed by atoms with Crippen LogP contribution in [0.3, 0.4) is 0 Å². The van der Waals surface area contributed by atoms with Crippen LogP contribution in [0.4, 0.5) is 0 Å². The molecule has 0 radical (unpaired) electrons. The van der Waals surface area contributed by atoms with E-state index in [-0.39, 0.29) is 24.7 Å². The molecule has 182 valence electrons. The number of hydrogen-bond donors (Lipinski definition) is 1. The molecule has 0 aromatic heterocycles. The highest BCUT2D eigenvalue weighted by molar-refractivity contribution is 5.95. The van der Waals surface area contributed by atoms with E-state index in [0.29, 0.717) is 48.4 Å². The second-order valence-electron chi connectivity index (χ2n) is 8.21. The van der Waals surface area contributed by atoms with Crippen LogP contribution in [0.1, 0.15) is 50.5 Å². The van der Waals surface area contributed by atoms with E-state index in [0.717, 1.165) is 17.7 Å². The third-order valence-corrected chi connectivity index (χ3v) is 4.99. The lowest BCUT2D eigenvalue weighted by atomic mass is 10.0. The predicted molar refractivity (Wildman–Crippen MR) is 130 cm³/mol. The summed E-state index contributed by atoms with van der Waals surface area (Å²) in [4.78, 5) is 12.7. The average Bonchev–Trinajstić information content (AvgIpc) is 3.12. The van der Waals surface area contributed by atoms with Crippen molar-refractivity contribution >= 4 is 5.91 Å². The van der Waals surface area contributed by atoms with E-state index in [1.165, 1.54) is 0 Å². The number of para-hydroxylation sites is 1. The summed E-state index contributed by atoms with van der Waals surface area (Å²) < 4.78 is 28.8. The molecule has 2 aromatic carbocycles.